The van der Waals surface area contributed by atoms with Gasteiger partial charge < -0.3 is 10.2 Å². The summed E-state index contributed by atoms with van der Waals surface area (Å²) >= 11 is 0. The van der Waals surface area contributed by atoms with E-state index in [1.807, 2.05) is 37.3 Å². The van der Waals surface area contributed by atoms with E-state index < -0.39 is 5.91 Å². The van der Waals surface area contributed by atoms with Crippen LogP contribution in [0.4, 0.5) is 15.8 Å². The fourth-order valence-electron chi connectivity index (χ4n) is 2.08. The van der Waals surface area contributed by atoms with Gasteiger partial charge in [0.15, 0.2) is 0 Å². The van der Waals surface area contributed by atoms with E-state index in [0.29, 0.717) is 12.2 Å². The summed E-state index contributed by atoms with van der Waals surface area (Å²) in [7, 11) is 0. The van der Waals surface area contributed by atoms with Gasteiger partial charge in [-0.2, -0.15) is 0 Å². The number of benzene rings is 2. The molecule has 114 valence electrons. The number of amides is 2. The summed E-state index contributed by atoms with van der Waals surface area (Å²) in [4.78, 5) is 25.7. The Labute approximate surface area is 128 Å². The van der Waals surface area contributed by atoms with Crippen molar-refractivity contribution in [1.82, 2.24) is 0 Å². The van der Waals surface area contributed by atoms with Crippen LogP contribution in [0.15, 0.2) is 54.6 Å². The maximum atomic E-state index is 12.8. The van der Waals surface area contributed by atoms with Gasteiger partial charge in [-0.3, -0.25) is 9.59 Å². The Morgan fingerprint density at radius 1 is 1.05 bits per heavy atom. The minimum absolute atomic E-state index is 0.264. The number of anilines is 2. The maximum absolute atomic E-state index is 12.8. The van der Waals surface area contributed by atoms with Gasteiger partial charge in [-0.25, -0.2) is 4.39 Å². The van der Waals surface area contributed by atoms with Crippen LogP contribution in [0.3, 0.4) is 0 Å². The molecule has 4 nitrogen and oxygen atoms in total. The fourth-order valence-corrected chi connectivity index (χ4v) is 2.08. The van der Waals surface area contributed by atoms with Crippen molar-refractivity contribution < 1.29 is 14.0 Å². The summed E-state index contributed by atoms with van der Waals surface area (Å²) in [5.74, 6) is -1.09. The molecule has 1 N–H and O–H groups in total. The third kappa shape index (κ3) is 4.15. The molecule has 0 saturated carbocycles. The first-order valence-electron chi connectivity index (χ1n) is 7.01. The Hall–Kier alpha value is -2.69. The second-order valence-electron chi connectivity index (χ2n) is 4.71. The molecule has 2 rings (SSSR count). The van der Waals surface area contributed by atoms with E-state index in [0.717, 1.165) is 5.69 Å². The third-order valence-electron chi connectivity index (χ3n) is 3.12. The lowest BCUT2D eigenvalue weighted by atomic mass is 10.2. The summed E-state index contributed by atoms with van der Waals surface area (Å²) in [6, 6.07) is 14.6. The molecule has 0 unspecified atom stereocenters. The van der Waals surface area contributed by atoms with Crippen molar-refractivity contribution in [2.75, 3.05) is 16.8 Å². The monoisotopic (exact) mass is 300 g/mol. The Kier molecular flexibility index (Phi) is 5.25. The topological polar surface area (TPSA) is 49.4 Å². The van der Waals surface area contributed by atoms with Gasteiger partial charge in [0.25, 0.3) is 0 Å². The van der Waals surface area contributed by atoms with E-state index in [1.165, 1.54) is 24.3 Å². The molecule has 0 spiro atoms. The molecule has 0 aliphatic carbocycles. The number of carbonyl (C=O) groups is 2. The number of para-hydroxylation sites is 1. The molecule has 0 aliphatic rings. The summed E-state index contributed by atoms with van der Waals surface area (Å²) in [6.07, 6.45) is -0.264. The van der Waals surface area contributed by atoms with Gasteiger partial charge in [0.1, 0.15) is 12.2 Å². The molecule has 0 fully saturated rings. The van der Waals surface area contributed by atoms with E-state index >= 15 is 0 Å². The number of rotatable bonds is 5. The van der Waals surface area contributed by atoms with Gasteiger partial charge in [0, 0.05) is 17.9 Å². The van der Waals surface area contributed by atoms with Crippen molar-refractivity contribution in [2.24, 2.45) is 0 Å². The largest absolute Gasteiger partial charge is 0.326 e. The van der Waals surface area contributed by atoms with Gasteiger partial charge in [-0.1, -0.05) is 18.2 Å². The number of nitrogens with zero attached hydrogens (tertiary/aromatic N) is 1. The second kappa shape index (κ2) is 7.36. The summed E-state index contributed by atoms with van der Waals surface area (Å²) in [6.45, 7) is 2.33. The normalized spacial score (nSPS) is 10.1. The predicted octanol–water partition coefficient (Wildman–Crippen LogP) is 3.21. The Bertz CT molecular complexity index is 641. The molecule has 0 atom stereocenters. The zero-order chi connectivity index (χ0) is 15.9. The maximum Gasteiger partial charge on any atom is 0.236 e. The molecular weight excluding hydrogens is 283 g/mol. The van der Waals surface area contributed by atoms with Gasteiger partial charge in [-0.15, -0.1) is 0 Å². The van der Waals surface area contributed by atoms with Crippen LogP contribution in [0.5, 0.6) is 0 Å². The highest BCUT2D eigenvalue weighted by molar-refractivity contribution is 6.09. The molecule has 2 aromatic rings. The second-order valence-corrected chi connectivity index (χ2v) is 4.71. The van der Waals surface area contributed by atoms with Crippen LogP contribution < -0.4 is 10.2 Å². The average Bonchev–Trinajstić information content (AvgIpc) is 2.51. The molecule has 0 aliphatic heterocycles. The first kappa shape index (κ1) is 15.7. The molecule has 2 amide bonds. The van der Waals surface area contributed by atoms with E-state index in [9.17, 15) is 14.0 Å². The van der Waals surface area contributed by atoms with Crippen LogP contribution in [-0.4, -0.2) is 18.4 Å². The molecule has 0 heterocycles. The SMILES string of the molecule is CCN(C(=O)CC(=O)Nc1ccc(F)cc1)c1ccccc1. The smallest absolute Gasteiger partial charge is 0.236 e. The van der Waals surface area contributed by atoms with Gasteiger partial charge >= 0.3 is 0 Å². The zero-order valence-electron chi connectivity index (χ0n) is 12.3. The van der Waals surface area contributed by atoms with Gasteiger partial charge in [-0.05, 0) is 43.3 Å². The summed E-state index contributed by atoms with van der Waals surface area (Å²) in [5, 5.41) is 2.58. The van der Waals surface area contributed by atoms with Gasteiger partial charge in [0.05, 0.1) is 0 Å². The van der Waals surface area contributed by atoms with Crippen LogP contribution >= 0.6 is 0 Å². The van der Waals surface area contributed by atoms with Crippen molar-refractivity contribution in [3.63, 3.8) is 0 Å². The quantitative estimate of drug-likeness (QED) is 0.862. The van der Waals surface area contributed by atoms with Gasteiger partial charge in [0.2, 0.25) is 11.8 Å². The van der Waals surface area contributed by atoms with E-state index in [-0.39, 0.29) is 18.1 Å². The van der Waals surface area contributed by atoms with Crippen molar-refractivity contribution >= 4 is 23.2 Å². The van der Waals surface area contributed by atoms with Crippen LogP contribution in [-0.2, 0) is 9.59 Å². The highest BCUT2D eigenvalue weighted by Gasteiger charge is 2.17. The van der Waals surface area contributed by atoms with Crippen LogP contribution in [0.1, 0.15) is 13.3 Å². The molecule has 22 heavy (non-hydrogen) atoms. The molecular formula is C17H17FN2O2. The zero-order valence-corrected chi connectivity index (χ0v) is 12.3. The Morgan fingerprint density at radius 2 is 1.68 bits per heavy atom. The van der Waals surface area contributed by atoms with Crippen molar-refractivity contribution in [2.45, 2.75) is 13.3 Å². The number of hydrogen-bond donors (Lipinski definition) is 1. The highest BCUT2D eigenvalue weighted by atomic mass is 19.1. The molecule has 0 bridgehead atoms. The van der Waals surface area contributed by atoms with E-state index in [4.69, 9.17) is 0 Å². The molecule has 0 saturated heterocycles. The number of nitrogens with one attached hydrogen (secondary N) is 1. The minimum Gasteiger partial charge on any atom is -0.326 e. The molecule has 0 aromatic heterocycles. The highest BCUT2D eigenvalue weighted by Crippen LogP contribution is 2.15. The summed E-state index contributed by atoms with van der Waals surface area (Å²) in [5.41, 5.74) is 1.21. The van der Waals surface area contributed by atoms with Crippen molar-refractivity contribution in [3.05, 3.63) is 60.4 Å². The average molecular weight is 300 g/mol. The third-order valence-corrected chi connectivity index (χ3v) is 3.12. The van der Waals surface area contributed by atoms with Crippen LogP contribution in [0.25, 0.3) is 0 Å². The lowest BCUT2D eigenvalue weighted by Gasteiger charge is -2.20. The number of hydrogen-bond acceptors (Lipinski definition) is 2. The van der Waals surface area contributed by atoms with E-state index in [1.54, 1.807) is 4.90 Å². The summed E-state index contributed by atoms with van der Waals surface area (Å²) < 4.78 is 12.8. The minimum atomic E-state index is -0.425. The van der Waals surface area contributed by atoms with E-state index in [2.05, 4.69) is 5.32 Å². The fraction of sp³-hybridized carbons (Fsp3) is 0.176. The molecule has 2 aromatic carbocycles. The predicted molar refractivity (Wildman–Crippen MR) is 84.1 cm³/mol. The Balaban J connectivity index is 1.98. The Morgan fingerprint density at radius 3 is 2.27 bits per heavy atom. The molecule has 0 radical (unpaired) electrons. The first-order valence-corrected chi connectivity index (χ1v) is 7.01. The lowest BCUT2D eigenvalue weighted by Crippen LogP contribution is -2.33. The lowest BCUT2D eigenvalue weighted by molar-refractivity contribution is -0.125. The van der Waals surface area contributed by atoms with Crippen LogP contribution in [0, 0.1) is 5.82 Å². The van der Waals surface area contributed by atoms with Crippen molar-refractivity contribution in [1.29, 1.82) is 0 Å². The molecule has 5 heteroatoms. The number of halogens is 1. The van der Waals surface area contributed by atoms with Crippen LogP contribution in [0.2, 0.25) is 0 Å². The van der Waals surface area contributed by atoms with Crippen molar-refractivity contribution in [3.8, 4) is 0 Å². The standard InChI is InChI=1S/C17H17FN2O2/c1-2-20(15-6-4-3-5-7-15)17(22)12-16(21)19-14-10-8-13(18)9-11-14/h3-11H,2,12H2,1H3,(H,19,21). The first-order chi connectivity index (χ1) is 10.6. The number of carbonyl (C=O) groups excluding carboxylic acids is 2.